The molecule has 6 nitrogen and oxygen atoms in total. The van der Waals surface area contributed by atoms with E-state index in [0.29, 0.717) is 6.54 Å². The van der Waals surface area contributed by atoms with Crippen LogP contribution in [0.1, 0.15) is 24.0 Å². The Kier molecular flexibility index (Phi) is 4.93. The first-order valence-electron chi connectivity index (χ1n) is 9.10. The molecule has 0 atom stereocenters. The van der Waals surface area contributed by atoms with E-state index in [0.717, 1.165) is 49.2 Å². The number of piperidine rings is 1. The van der Waals surface area contributed by atoms with Gasteiger partial charge >= 0.3 is 0 Å². The number of aromatic amines is 1. The van der Waals surface area contributed by atoms with Crippen molar-refractivity contribution in [1.82, 2.24) is 25.2 Å². The number of nitrogens with one attached hydrogen (secondary N) is 2. The average Bonchev–Trinajstić information content (AvgIpc) is 3.10. The Labute approximate surface area is 152 Å². The maximum Gasteiger partial charge on any atom is 0.223 e. The lowest BCUT2D eigenvalue weighted by atomic mass is 9.95. The second-order valence-corrected chi connectivity index (χ2v) is 6.82. The van der Waals surface area contributed by atoms with Crippen molar-refractivity contribution in [3.63, 3.8) is 0 Å². The van der Waals surface area contributed by atoms with Crippen LogP contribution in [0.3, 0.4) is 0 Å². The van der Waals surface area contributed by atoms with Gasteiger partial charge in [0.2, 0.25) is 5.91 Å². The third-order valence-corrected chi connectivity index (χ3v) is 5.05. The fourth-order valence-corrected chi connectivity index (χ4v) is 3.55. The van der Waals surface area contributed by atoms with Crippen LogP contribution in [-0.2, 0) is 17.9 Å². The molecule has 0 unspecified atom stereocenters. The van der Waals surface area contributed by atoms with Gasteiger partial charge in [-0.25, -0.2) is 4.98 Å². The van der Waals surface area contributed by atoms with Crippen LogP contribution in [0.4, 0.5) is 0 Å². The van der Waals surface area contributed by atoms with Gasteiger partial charge in [-0.1, -0.05) is 30.3 Å². The lowest BCUT2D eigenvalue weighted by Crippen LogP contribution is -2.40. The summed E-state index contributed by atoms with van der Waals surface area (Å²) >= 11 is 0. The molecule has 26 heavy (non-hydrogen) atoms. The summed E-state index contributed by atoms with van der Waals surface area (Å²) in [5.41, 5.74) is 4.08. The van der Waals surface area contributed by atoms with E-state index in [1.165, 1.54) is 5.56 Å². The minimum Gasteiger partial charge on any atom is -0.352 e. The monoisotopic (exact) mass is 349 g/mol. The largest absolute Gasteiger partial charge is 0.352 e. The van der Waals surface area contributed by atoms with Gasteiger partial charge in [0.15, 0.2) is 5.65 Å². The Bertz CT molecular complexity index is 868. The Morgan fingerprint density at radius 2 is 1.92 bits per heavy atom. The molecule has 1 aromatic carbocycles. The highest BCUT2D eigenvalue weighted by molar-refractivity contribution is 5.78. The number of H-pyrrole nitrogens is 1. The van der Waals surface area contributed by atoms with Crippen molar-refractivity contribution in [1.29, 1.82) is 0 Å². The zero-order chi connectivity index (χ0) is 17.8. The molecular weight excluding hydrogens is 326 g/mol. The van der Waals surface area contributed by atoms with Crippen molar-refractivity contribution >= 4 is 17.1 Å². The van der Waals surface area contributed by atoms with Crippen LogP contribution in [0.25, 0.3) is 11.2 Å². The molecule has 3 heterocycles. The van der Waals surface area contributed by atoms with Crippen LogP contribution in [0.2, 0.25) is 0 Å². The van der Waals surface area contributed by atoms with Gasteiger partial charge in [-0.15, -0.1) is 0 Å². The number of carbonyl (C=O) groups is 1. The number of hydrogen-bond donors (Lipinski definition) is 2. The van der Waals surface area contributed by atoms with Crippen LogP contribution in [0.5, 0.6) is 0 Å². The van der Waals surface area contributed by atoms with E-state index in [4.69, 9.17) is 0 Å². The maximum absolute atomic E-state index is 12.4. The number of benzene rings is 1. The van der Waals surface area contributed by atoms with Gasteiger partial charge in [0.1, 0.15) is 5.52 Å². The fraction of sp³-hybridized carbons (Fsp3) is 0.350. The first-order chi connectivity index (χ1) is 12.8. The van der Waals surface area contributed by atoms with E-state index in [-0.39, 0.29) is 11.8 Å². The lowest BCUT2D eigenvalue weighted by molar-refractivity contribution is -0.126. The van der Waals surface area contributed by atoms with Crippen LogP contribution in [-0.4, -0.2) is 38.8 Å². The summed E-state index contributed by atoms with van der Waals surface area (Å²) in [6.07, 6.45) is 7.21. The van der Waals surface area contributed by atoms with Crippen molar-refractivity contribution in [3.8, 4) is 0 Å². The van der Waals surface area contributed by atoms with Gasteiger partial charge in [-0.3, -0.25) is 14.7 Å². The molecule has 0 spiro atoms. The standard InChI is InChI=1S/C20H23N5O/c26-20(24-12-15-4-2-1-3-5-15)16-6-10-25(11-7-16)14-17-13-23-19-18(17)21-8-9-22-19/h1-5,8-9,13,16H,6-7,10-12,14H2,(H,22,23)(H,24,26). The molecule has 0 radical (unpaired) electrons. The summed E-state index contributed by atoms with van der Waals surface area (Å²) in [7, 11) is 0. The first kappa shape index (κ1) is 16.7. The molecule has 4 rings (SSSR count). The zero-order valence-electron chi connectivity index (χ0n) is 14.7. The van der Waals surface area contributed by atoms with Crippen LogP contribution in [0, 0.1) is 5.92 Å². The van der Waals surface area contributed by atoms with E-state index in [1.807, 2.05) is 36.5 Å². The Morgan fingerprint density at radius 1 is 1.15 bits per heavy atom. The highest BCUT2D eigenvalue weighted by Crippen LogP contribution is 2.21. The third-order valence-electron chi connectivity index (χ3n) is 5.05. The quantitative estimate of drug-likeness (QED) is 0.742. The third kappa shape index (κ3) is 3.75. The highest BCUT2D eigenvalue weighted by atomic mass is 16.1. The lowest BCUT2D eigenvalue weighted by Gasteiger charge is -2.31. The average molecular weight is 349 g/mol. The molecule has 0 saturated carbocycles. The predicted molar refractivity (Wildman–Crippen MR) is 100 cm³/mol. The SMILES string of the molecule is O=C(NCc1ccccc1)C1CCN(Cc2c[nH]c3nccnc23)CC1. The van der Waals surface area contributed by atoms with Crippen molar-refractivity contribution in [2.24, 2.45) is 5.92 Å². The topological polar surface area (TPSA) is 73.9 Å². The van der Waals surface area contributed by atoms with Gasteiger partial charge in [0.25, 0.3) is 0 Å². The van der Waals surface area contributed by atoms with Crippen molar-refractivity contribution < 1.29 is 4.79 Å². The Hall–Kier alpha value is -2.73. The zero-order valence-corrected chi connectivity index (χ0v) is 14.7. The molecule has 1 amide bonds. The van der Waals surface area contributed by atoms with E-state index in [1.54, 1.807) is 12.4 Å². The Balaban J connectivity index is 1.28. The van der Waals surface area contributed by atoms with Gasteiger partial charge < -0.3 is 10.3 Å². The van der Waals surface area contributed by atoms with Crippen LogP contribution >= 0.6 is 0 Å². The second kappa shape index (κ2) is 7.66. The molecule has 1 aliphatic heterocycles. The van der Waals surface area contributed by atoms with Crippen molar-refractivity contribution in [2.75, 3.05) is 13.1 Å². The molecule has 0 aliphatic carbocycles. The van der Waals surface area contributed by atoms with E-state index in [9.17, 15) is 4.79 Å². The van der Waals surface area contributed by atoms with Crippen LogP contribution in [0.15, 0.2) is 48.9 Å². The molecule has 1 aliphatic rings. The molecule has 2 aromatic heterocycles. The van der Waals surface area contributed by atoms with Crippen molar-refractivity contribution in [2.45, 2.75) is 25.9 Å². The number of hydrogen-bond acceptors (Lipinski definition) is 4. The smallest absolute Gasteiger partial charge is 0.223 e. The first-order valence-corrected chi connectivity index (χ1v) is 9.10. The van der Waals surface area contributed by atoms with Gasteiger partial charge in [-0.05, 0) is 31.5 Å². The number of amides is 1. The number of aromatic nitrogens is 3. The number of rotatable bonds is 5. The number of nitrogens with zero attached hydrogens (tertiary/aromatic N) is 3. The summed E-state index contributed by atoms with van der Waals surface area (Å²) in [4.78, 5) is 26.7. The summed E-state index contributed by atoms with van der Waals surface area (Å²) in [6, 6.07) is 10.0. The number of carbonyl (C=O) groups excluding carboxylic acids is 1. The molecule has 1 fully saturated rings. The predicted octanol–water partition coefficient (Wildman–Crippen LogP) is 2.49. The van der Waals surface area contributed by atoms with Gasteiger partial charge in [0, 0.05) is 43.2 Å². The number of fused-ring (bicyclic) bond motifs is 1. The van der Waals surface area contributed by atoms with E-state index in [2.05, 4.69) is 25.2 Å². The normalized spacial score (nSPS) is 16.0. The van der Waals surface area contributed by atoms with E-state index >= 15 is 0 Å². The highest BCUT2D eigenvalue weighted by Gasteiger charge is 2.25. The minimum atomic E-state index is 0.109. The summed E-state index contributed by atoms with van der Waals surface area (Å²) in [6.45, 7) is 3.30. The molecule has 6 heteroatoms. The molecule has 134 valence electrons. The second-order valence-electron chi connectivity index (χ2n) is 6.82. The fourth-order valence-electron chi connectivity index (χ4n) is 3.55. The van der Waals surface area contributed by atoms with Crippen LogP contribution < -0.4 is 5.32 Å². The molecule has 1 saturated heterocycles. The minimum absolute atomic E-state index is 0.109. The van der Waals surface area contributed by atoms with Gasteiger partial charge in [-0.2, -0.15) is 0 Å². The molecular formula is C20H23N5O. The van der Waals surface area contributed by atoms with Crippen molar-refractivity contribution in [3.05, 3.63) is 60.0 Å². The van der Waals surface area contributed by atoms with Gasteiger partial charge in [0.05, 0.1) is 0 Å². The summed E-state index contributed by atoms with van der Waals surface area (Å²) in [5, 5.41) is 3.07. The number of likely N-dealkylation sites (tertiary alicyclic amines) is 1. The summed E-state index contributed by atoms with van der Waals surface area (Å²) < 4.78 is 0. The Morgan fingerprint density at radius 3 is 2.73 bits per heavy atom. The van der Waals surface area contributed by atoms with E-state index < -0.39 is 0 Å². The summed E-state index contributed by atoms with van der Waals surface area (Å²) in [5.74, 6) is 0.282. The maximum atomic E-state index is 12.4. The molecule has 3 aromatic rings. The molecule has 0 bridgehead atoms. The molecule has 2 N–H and O–H groups in total.